The lowest BCUT2D eigenvalue weighted by Gasteiger charge is -2.15. The minimum Gasteiger partial charge on any atom is -0.506 e. The average molecular weight is 2170 g/mol. The molecule has 0 unspecified atom stereocenters. The summed E-state index contributed by atoms with van der Waals surface area (Å²) in [5.41, 5.74) is 8.07. The first-order valence-electron chi connectivity index (χ1n) is 40.8. The highest BCUT2D eigenvalue weighted by Crippen LogP contribution is 2.38. The number of halogens is 8. The number of nitrogens with zero attached hydrogens (tertiary/aromatic N) is 12. The highest BCUT2D eigenvalue weighted by atomic mass is 79.9. The number of allylic oxidation sites excluding steroid dienone is 8. The third-order valence-corrected chi connectivity index (χ3v) is 24.0. The van der Waals surface area contributed by atoms with Crippen molar-refractivity contribution in [2.24, 2.45) is 0 Å². The summed E-state index contributed by atoms with van der Waals surface area (Å²) in [7, 11) is 0. The van der Waals surface area contributed by atoms with Crippen LogP contribution >= 0.6 is 86.9 Å². The number of pyridine rings is 2. The van der Waals surface area contributed by atoms with Gasteiger partial charge < -0.3 is 62.1 Å². The van der Waals surface area contributed by atoms with E-state index in [-0.39, 0.29) is 213 Å². The summed E-state index contributed by atoms with van der Waals surface area (Å²) < 4.78 is 28.8. The van der Waals surface area contributed by atoms with Crippen LogP contribution in [0.5, 0.6) is 46.0 Å². The molecule has 138 heavy (non-hydrogen) atoms. The zero-order valence-electron chi connectivity index (χ0n) is 70.8. The van der Waals surface area contributed by atoms with E-state index in [4.69, 9.17) is 28.3 Å². The number of aromatic hydroxyl groups is 8. The molecule has 0 fully saturated rings. The third kappa shape index (κ3) is 23.5. The van der Waals surface area contributed by atoms with Gasteiger partial charge in [0, 0.05) is 76.0 Å². The molecule has 700 valence electrons. The van der Waals surface area contributed by atoms with Crippen LogP contribution in [0.2, 0.25) is 10.0 Å². The number of hydrogen-bond acceptors (Lipinski definition) is 34. The van der Waals surface area contributed by atoms with Gasteiger partial charge in [-0.15, -0.1) is 0 Å². The van der Waals surface area contributed by atoms with Crippen molar-refractivity contribution in [3.8, 4) is 46.0 Å². The van der Waals surface area contributed by atoms with Crippen LogP contribution in [-0.2, 0) is 38.5 Å². The van der Waals surface area contributed by atoms with Crippen LogP contribution in [0.4, 0.5) is 8.78 Å². The molecule has 18 rings (SSSR count). The van der Waals surface area contributed by atoms with Crippen LogP contribution in [0, 0.1) is 11.6 Å². The van der Waals surface area contributed by atoms with Crippen molar-refractivity contribution in [3.05, 3.63) is 358 Å². The Kier molecular flexibility index (Phi) is 32.4. The lowest BCUT2D eigenvalue weighted by Crippen LogP contribution is -2.31. The monoisotopic (exact) mass is 2160 g/mol. The maximum atomic E-state index is 13.3. The Labute approximate surface area is 821 Å². The van der Waals surface area contributed by atoms with E-state index in [0.717, 1.165) is 50.9 Å². The molecule has 36 nitrogen and oxygen atoms in total. The van der Waals surface area contributed by atoms with Gasteiger partial charge in [-0.2, -0.15) is 40.8 Å². The maximum Gasteiger partial charge on any atom is 0.280 e. The Bertz CT molecular complexity index is 6670. The number of phenols is 8. The summed E-state index contributed by atoms with van der Waals surface area (Å²) in [5.74, 6) is -7.79. The van der Waals surface area contributed by atoms with Gasteiger partial charge >= 0.3 is 0 Å². The number of hydrogen-bond donors (Lipinski definition) is 12. The number of phenolic OH excluding ortho intramolecular Hbond substituents is 8. The number of rotatable bonds is 22. The molecule has 8 heterocycles. The maximum absolute atomic E-state index is 13.3. The first kappa shape index (κ1) is 100.0. The topological polar surface area (TPSA) is 550 Å². The second-order valence-electron chi connectivity index (χ2n) is 30.1. The van der Waals surface area contributed by atoms with E-state index < -0.39 is 29.1 Å². The van der Waals surface area contributed by atoms with Crippen molar-refractivity contribution in [3.63, 3.8) is 0 Å². The van der Waals surface area contributed by atoms with Gasteiger partial charge in [0.05, 0.1) is 156 Å². The van der Waals surface area contributed by atoms with E-state index in [9.17, 15) is 102 Å². The van der Waals surface area contributed by atoms with Gasteiger partial charge in [0.1, 0.15) is 22.9 Å². The second-order valence-corrected chi connectivity index (χ2v) is 34.3. The smallest absolute Gasteiger partial charge is 0.280 e. The Morgan fingerprint density at radius 1 is 0.297 bits per heavy atom. The largest absolute Gasteiger partial charge is 0.506 e. The highest BCUT2D eigenvalue weighted by molar-refractivity contribution is 9.11. The van der Waals surface area contributed by atoms with Crippen LogP contribution in [0.15, 0.2) is 236 Å². The number of fused-ring (bicyclic) bond motifs is 6. The number of nitrogens with one attached hydrogen (secondary N) is 4. The van der Waals surface area contributed by atoms with Gasteiger partial charge in [-0.25, -0.2) is 8.78 Å². The molecular formula is C94H68Br4Cl2F2N16O20. The molecule has 44 heteroatoms. The summed E-state index contributed by atoms with van der Waals surface area (Å²) >= 11 is 24.8. The van der Waals surface area contributed by atoms with E-state index in [0.29, 0.717) is 86.3 Å². The lowest BCUT2D eigenvalue weighted by atomic mass is 9.95. The Hall–Kier alpha value is -15.5. The van der Waals surface area contributed by atoms with Gasteiger partial charge in [-0.05, 0) is 233 Å². The predicted molar refractivity (Wildman–Crippen MR) is 501 cm³/mol. The molecule has 6 aliphatic rings. The first-order valence-corrected chi connectivity index (χ1v) is 44.7. The first-order chi connectivity index (χ1) is 66.0. The fourth-order valence-electron chi connectivity index (χ4n) is 14.0. The van der Waals surface area contributed by atoms with Crippen molar-refractivity contribution in [1.82, 2.24) is 81.8 Å². The number of benzene rings is 6. The Morgan fingerprint density at radius 3 is 0.884 bits per heavy atom. The minimum atomic E-state index is -1.05. The third-order valence-electron chi connectivity index (χ3n) is 21.1. The molecule has 12 N–H and O–H groups in total. The molecule has 0 radical (unpaired) electrons. The van der Waals surface area contributed by atoms with Crippen LogP contribution in [0.1, 0.15) is 158 Å². The molecule has 2 aliphatic heterocycles. The van der Waals surface area contributed by atoms with Crippen molar-refractivity contribution in [2.75, 3.05) is 39.3 Å². The molecule has 6 aromatic carbocycles. The quantitative estimate of drug-likeness (QED) is 0.0221. The Balaban J connectivity index is 0.000000140. The molecule has 0 spiro atoms. The SMILES string of the molecule is O=C1C=C(NCCc2cc(Br)c(O)c(Br)c2)C(=O)c2cnncc21.O=C1C=C(NCCc2cc(Cl)c(O)c(Cl)c2)C(=O)c2cnncc21.O=C1C=C(NCCc2cc(F)c(O)c(F)c2)C(=O)c2cnncc21.O=C1C=C(NCCc2ccc(O)c(O)c2)C(=O)c2cnncc21.O=C1c2cccnc2C(=O)N1CCc1cc(Br)c(O)c(Br)c1.O=C1c2cccnc2C(=O)N1CCc1ccc(O)c(O)c1. The second kappa shape index (κ2) is 44.8. The number of ketones is 8. The number of carbonyl (C=O) groups excluding carboxylic acids is 12. The Morgan fingerprint density at radius 2 is 0.572 bits per heavy atom. The van der Waals surface area contributed by atoms with Gasteiger partial charge in [0.2, 0.25) is 23.1 Å². The van der Waals surface area contributed by atoms with Gasteiger partial charge in [-0.3, -0.25) is 77.3 Å². The van der Waals surface area contributed by atoms with Crippen LogP contribution in [-0.4, -0.2) is 211 Å². The molecule has 0 atom stereocenters. The average Bonchev–Trinajstić information content (AvgIpc) is 1.63. The van der Waals surface area contributed by atoms with Crippen molar-refractivity contribution in [2.45, 2.75) is 38.5 Å². The fraction of sp³-hybridized carbons (Fsp3) is 0.128. The molecule has 4 amide bonds. The van der Waals surface area contributed by atoms with Gasteiger partial charge in [-0.1, -0.05) is 35.3 Å². The summed E-state index contributed by atoms with van der Waals surface area (Å²) in [6.45, 7) is 1.86. The highest BCUT2D eigenvalue weighted by Gasteiger charge is 2.39. The molecule has 0 bridgehead atoms. The zero-order valence-corrected chi connectivity index (χ0v) is 78.7. The molecular weight excluding hydrogens is 2100 g/mol. The summed E-state index contributed by atoms with van der Waals surface area (Å²) in [6.07, 6.45) is 20.8. The van der Waals surface area contributed by atoms with Crippen LogP contribution in [0.3, 0.4) is 0 Å². The van der Waals surface area contributed by atoms with Crippen molar-refractivity contribution < 1.29 is 107 Å². The fourth-order valence-corrected chi connectivity index (χ4v) is 17.1. The van der Waals surface area contributed by atoms with Crippen molar-refractivity contribution in [1.29, 1.82) is 0 Å². The summed E-state index contributed by atoms with van der Waals surface area (Å²) in [6, 6.07) is 27.7. The number of Topliss-reactive ketones (excluding diaryl/α,β-unsaturated/α-hetero) is 4. The van der Waals surface area contributed by atoms with Crippen molar-refractivity contribution >= 4 is 157 Å². The molecule has 0 saturated carbocycles. The molecule has 4 aliphatic carbocycles. The number of aromatic nitrogens is 10. The zero-order chi connectivity index (χ0) is 99.0. The van der Waals surface area contributed by atoms with Gasteiger partial charge in [0.25, 0.3) is 23.6 Å². The van der Waals surface area contributed by atoms with Crippen LogP contribution < -0.4 is 21.3 Å². The van der Waals surface area contributed by atoms with E-state index in [1.54, 1.807) is 72.8 Å². The normalized spacial score (nSPS) is 13.5. The lowest BCUT2D eigenvalue weighted by molar-refractivity contribution is 0.0638. The number of imide groups is 2. The summed E-state index contributed by atoms with van der Waals surface area (Å²) in [5, 5.41) is 116. The number of carbonyl (C=O) groups is 12. The molecule has 12 aromatic rings. The molecule has 0 saturated heterocycles. The minimum absolute atomic E-state index is 0.0835. The standard InChI is InChI=1S/C16H11Br2N3O3.C16H11Cl2N3O3.C16H11F2N3O3.C16H13N3O4.C15H10Br2N2O3.C15H12N2O4/c3*17-11-3-8(4-12(18)16(11)24)1-2-19-13-5-14(22)9-6-20-21-7-10(9)15(13)23;20-13-2-1-9(5-15(13)22)3-4-17-12-6-14(21)10-7-18-19-8-11(10)16(12)23;16-10-6-8(7-11(17)13(10)20)3-5-19-14(21)9-2-1-4-18-12(9)15(19)22;18-11-4-3-9(8-12(11)19)5-7-17-14(20)10-2-1-6-16-13(10)15(17)21/h3*3-7,19,24H,1-2H2;1-2,5-8,17,20,22H,3-4H2;1-2,4,6-7,20H,3,5H2;1-4,6,8,18-19H,5,7H2. The van der Waals surface area contributed by atoms with Crippen LogP contribution in [0.25, 0.3) is 0 Å². The van der Waals surface area contributed by atoms with E-state index in [1.807, 2.05) is 0 Å². The predicted octanol–water partition coefficient (Wildman–Crippen LogP) is 12.4. The summed E-state index contributed by atoms with van der Waals surface area (Å²) in [4.78, 5) is 156. The van der Waals surface area contributed by atoms with Gasteiger partial charge in [0.15, 0.2) is 69.3 Å². The van der Waals surface area contributed by atoms with E-state index >= 15 is 0 Å². The van der Waals surface area contributed by atoms with E-state index in [2.05, 4.69) is 136 Å². The number of amides is 4. The molecule has 6 aromatic heterocycles. The van der Waals surface area contributed by atoms with E-state index in [1.165, 1.54) is 109 Å².